The fraction of sp³-hybridized carbons (Fsp3) is 0.500. The Bertz CT molecular complexity index is 355. The van der Waals surface area contributed by atoms with Gasteiger partial charge in [0.15, 0.2) is 0 Å². The van der Waals surface area contributed by atoms with Crippen LogP contribution in [0.3, 0.4) is 0 Å². The third-order valence-electron chi connectivity index (χ3n) is 1.94. The van der Waals surface area contributed by atoms with Gasteiger partial charge in [-0.3, -0.25) is 19.2 Å². The number of carboxylic acids is 2. The van der Waals surface area contributed by atoms with Crippen molar-refractivity contribution < 1.29 is 29.4 Å². The summed E-state index contributed by atoms with van der Waals surface area (Å²) in [5.41, 5.74) is 0. The number of carbonyl (C=O) groups is 4. The maximum atomic E-state index is 11.7. The van der Waals surface area contributed by atoms with Crippen LogP contribution >= 0.6 is 11.8 Å². The highest BCUT2D eigenvalue weighted by Crippen LogP contribution is 2.14. The van der Waals surface area contributed by atoms with Crippen molar-refractivity contribution in [3.63, 3.8) is 0 Å². The number of hydrogen-bond donors (Lipinski definition) is 3. The lowest BCUT2D eigenvalue weighted by Gasteiger charge is -2.21. The number of hydrogen-bond acceptors (Lipinski definition) is 5. The molecule has 2 amide bonds. The summed E-state index contributed by atoms with van der Waals surface area (Å²) in [4.78, 5) is 44.3. The molecular weight excluding hydrogens is 252 g/mol. The third kappa shape index (κ3) is 3.94. The highest BCUT2D eigenvalue weighted by Gasteiger charge is 2.32. The molecule has 1 aliphatic heterocycles. The highest BCUT2D eigenvalue weighted by molar-refractivity contribution is 8.14. The molecule has 0 saturated carbocycles. The summed E-state index contributed by atoms with van der Waals surface area (Å²) in [7, 11) is 0. The summed E-state index contributed by atoms with van der Waals surface area (Å²) >= 11 is 0.896. The molecule has 0 spiro atoms. The van der Waals surface area contributed by atoms with Gasteiger partial charge in [0.2, 0.25) is 5.91 Å². The summed E-state index contributed by atoms with van der Waals surface area (Å²) in [5, 5.41) is 19.1. The summed E-state index contributed by atoms with van der Waals surface area (Å²) in [6, 6.07) is -0.855. The molecule has 1 unspecified atom stereocenters. The minimum absolute atomic E-state index is 0.174. The van der Waals surface area contributed by atoms with E-state index in [4.69, 9.17) is 10.2 Å². The van der Waals surface area contributed by atoms with Crippen molar-refractivity contribution in [3.8, 4) is 0 Å². The van der Waals surface area contributed by atoms with Crippen LogP contribution in [0.5, 0.6) is 0 Å². The predicted molar refractivity (Wildman–Crippen MR) is 56.6 cm³/mol. The Morgan fingerprint density at radius 2 is 1.82 bits per heavy atom. The van der Waals surface area contributed by atoms with Crippen LogP contribution in [-0.4, -0.2) is 63.1 Å². The number of carbonyl (C=O) groups excluding carboxylic acids is 2. The Hall–Kier alpha value is -1.77. The van der Waals surface area contributed by atoms with Gasteiger partial charge < -0.3 is 20.4 Å². The van der Waals surface area contributed by atoms with Gasteiger partial charge in [0, 0.05) is 5.75 Å². The number of amides is 2. The van der Waals surface area contributed by atoms with Crippen LogP contribution in [-0.2, 0) is 14.4 Å². The van der Waals surface area contributed by atoms with Gasteiger partial charge in [-0.1, -0.05) is 11.8 Å². The van der Waals surface area contributed by atoms with Crippen molar-refractivity contribution in [2.45, 2.75) is 6.04 Å². The fourth-order valence-electron chi connectivity index (χ4n) is 1.28. The van der Waals surface area contributed by atoms with E-state index in [1.54, 1.807) is 0 Å². The van der Waals surface area contributed by atoms with E-state index in [1.807, 2.05) is 0 Å². The lowest BCUT2D eigenvalue weighted by molar-refractivity contribution is -0.149. The summed E-state index contributed by atoms with van der Waals surface area (Å²) in [6.07, 6.45) is 0. The Morgan fingerprint density at radius 1 is 1.29 bits per heavy atom. The average Bonchev–Trinajstić information content (AvgIpc) is 2.61. The minimum Gasteiger partial charge on any atom is -0.480 e. The van der Waals surface area contributed by atoms with Crippen molar-refractivity contribution in [1.29, 1.82) is 0 Å². The third-order valence-corrected chi connectivity index (χ3v) is 2.82. The van der Waals surface area contributed by atoms with Crippen LogP contribution in [0.4, 0.5) is 4.79 Å². The molecule has 1 fully saturated rings. The molecule has 3 N–H and O–H groups in total. The average molecular weight is 262 g/mol. The SMILES string of the molecule is O=C(O)CN(CC(=O)O)C(=O)C1CSC(=O)N1. The Labute approximate surface area is 100.0 Å². The number of nitrogens with zero attached hydrogens (tertiary/aromatic N) is 1. The van der Waals surface area contributed by atoms with E-state index >= 15 is 0 Å². The Morgan fingerprint density at radius 3 is 2.18 bits per heavy atom. The first-order chi connectivity index (χ1) is 7.90. The fourth-order valence-corrected chi connectivity index (χ4v) is 2.05. The standard InChI is InChI=1S/C8H10N2O6S/c11-5(12)1-10(2-6(13)14)7(15)4-3-17-8(16)9-4/h4H,1-3H2,(H,9,16)(H,11,12)(H,13,14). The van der Waals surface area contributed by atoms with Gasteiger partial charge in [-0.15, -0.1) is 0 Å². The quantitative estimate of drug-likeness (QED) is 0.569. The first kappa shape index (κ1) is 13.3. The molecule has 8 nitrogen and oxygen atoms in total. The molecule has 0 aromatic carbocycles. The first-order valence-electron chi connectivity index (χ1n) is 4.56. The molecule has 0 aliphatic carbocycles. The molecule has 0 bridgehead atoms. The molecule has 0 radical (unpaired) electrons. The molecule has 17 heavy (non-hydrogen) atoms. The second kappa shape index (κ2) is 5.53. The van der Waals surface area contributed by atoms with Crippen LogP contribution < -0.4 is 5.32 Å². The van der Waals surface area contributed by atoms with Crippen LogP contribution in [0.2, 0.25) is 0 Å². The van der Waals surface area contributed by atoms with Crippen LogP contribution in [0.15, 0.2) is 0 Å². The molecule has 1 atom stereocenters. The molecule has 94 valence electrons. The number of aliphatic carboxylic acids is 2. The zero-order valence-corrected chi connectivity index (χ0v) is 9.40. The van der Waals surface area contributed by atoms with Crippen molar-refractivity contribution >= 4 is 34.8 Å². The van der Waals surface area contributed by atoms with Gasteiger partial charge in [-0.25, -0.2) is 0 Å². The molecule has 0 aromatic rings. The molecule has 0 aromatic heterocycles. The predicted octanol–water partition coefficient (Wildman–Crippen LogP) is -1.19. The van der Waals surface area contributed by atoms with Crippen molar-refractivity contribution in [1.82, 2.24) is 10.2 Å². The first-order valence-corrected chi connectivity index (χ1v) is 5.54. The van der Waals surface area contributed by atoms with Gasteiger partial charge >= 0.3 is 11.9 Å². The van der Waals surface area contributed by atoms with E-state index in [0.29, 0.717) is 4.90 Å². The molecule has 1 saturated heterocycles. The number of rotatable bonds is 5. The largest absolute Gasteiger partial charge is 0.480 e. The van der Waals surface area contributed by atoms with Crippen molar-refractivity contribution in [2.24, 2.45) is 0 Å². The Balaban J connectivity index is 2.67. The summed E-state index contributed by atoms with van der Waals surface area (Å²) in [6.45, 7) is -1.41. The van der Waals surface area contributed by atoms with E-state index in [-0.39, 0.29) is 11.0 Å². The van der Waals surface area contributed by atoms with Gasteiger partial charge in [0.05, 0.1) is 0 Å². The monoisotopic (exact) mass is 262 g/mol. The van der Waals surface area contributed by atoms with Gasteiger partial charge in [-0.05, 0) is 0 Å². The summed E-state index contributed by atoms with van der Waals surface area (Å²) < 4.78 is 0. The van der Waals surface area contributed by atoms with E-state index < -0.39 is 37.0 Å². The lowest BCUT2D eigenvalue weighted by Crippen LogP contribution is -2.49. The highest BCUT2D eigenvalue weighted by atomic mass is 32.2. The van der Waals surface area contributed by atoms with E-state index in [2.05, 4.69) is 5.32 Å². The molecule has 1 aliphatic rings. The maximum Gasteiger partial charge on any atom is 0.323 e. The Kier molecular flexibility index (Phi) is 4.32. The number of carboxylic acid groups (broad SMARTS) is 2. The number of thioether (sulfide) groups is 1. The van der Waals surface area contributed by atoms with Gasteiger partial charge in [-0.2, -0.15) is 0 Å². The van der Waals surface area contributed by atoms with Crippen LogP contribution in [0.1, 0.15) is 0 Å². The second-order valence-corrected chi connectivity index (χ2v) is 4.27. The zero-order valence-electron chi connectivity index (χ0n) is 8.58. The summed E-state index contributed by atoms with van der Waals surface area (Å²) in [5.74, 6) is -3.14. The van der Waals surface area contributed by atoms with E-state index in [0.717, 1.165) is 11.8 Å². The van der Waals surface area contributed by atoms with Gasteiger partial charge in [0.25, 0.3) is 5.24 Å². The molecular formula is C8H10N2O6S. The molecule has 9 heteroatoms. The molecule has 1 rings (SSSR count). The molecule has 1 heterocycles. The van der Waals surface area contributed by atoms with Crippen molar-refractivity contribution in [3.05, 3.63) is 0 Å². The van der Waals surface area contributed by atoms with E-state index in [1.165, 1.54) is 0 Å². The normalized spacial score (nSPS) is 18.6. The van der Waals surface area contributed by atoms with Crippen LogP contribution in [0, 0.1) is 0 Å². The minimum atomic E-state index is -1.31. The zero-order chi connectivity index (χ0) is 13.0. The van der Waals surface area contributed by atoms with Gasteiger partial charge in [0.1, 0.15) is 19.1 Å². The maximum absolute atomic E-state index is 11.7. The number of nitrogens with one attached hydrogen (secondary N) is 1. The topological polar surface area (TPSA) is 124 Å². The lowest BCUT2D eigenvalue weighted by atomic mass is 10.3. The smallest absolute Gasteiger partial charge is 0.323 e. The van der Waals surface area contributed by atoms with E-state index in [9.17, 15) is 19.2 Å². The van der Waals surface area contributed by atoms with Crippen molar-refractivity contribution in [2.75, 3.05) is 18.8 Å². The second-order valence-electron chi connectivity index (χ2n) is 3.28. The van der Waals surface area contributed by atoms with Crippen LogP contribution in [0.25, 0.3) is 0 Å².